The van der Waals surface area contributed by atoms with Crippen molar-refractivity contribution >= 4 is 11.6 Å². The first-order valence-electron chi connectivity index (χ1n) is 6.96. The number of halogens is 1. The highest BCUT2D eigenvalue weighted by molar-refractivity contribution is 6.01. The Morgan fingerprint density at radius 3 is 3.00 bits per heavy atom. The Kier molecular flexibility index (Phi) is 3.05. The zero-order valence-corrected chi connectivity index (χ0v) is 11.2. The summed E-state index contributed by atoms with van der Waals surface area (Å²) in [6.07, 6.45) is 3.86. The molecule has 2 aliphatic heterocycles. The van der Waals surface area contributed by atoms with Crippen LogP contribution < -0.4 is 10.2 Å². The number of nitrogens with zero attached hydrogens (tertiary/aromatic N) is 1. The molecule has 1 amide bonds. The third-order valence-corrected chi connectivity index (χ3v) is 4.28. The minimum absolute atomic E-state index is 0.0801. The monoisotopic (exact) mass is 262 g/mol. The number of rotatable bonds is 1. The highest BCUT2D eigenvalue weighted by Gasteiger charge is 2.39. The van der Waals surface area contributed by atoms with Crippen molar-refractivity contribution in [2.24, 2.45) is 0 Å². The van der Waals surface area contributed by atoms with Crippen molar-refractivity contribution in [2.75, 3.05) is 18.0 Å². The Balaban J connectivity index is 1.88. The summed E-state index contributed by atoms with van der Waals surface area (Å²) in [7, 11) is 0. The second-order valence-corrected chi connectivity index (χ2v) is 5.70. The van der Waals surface area contributed by atoms with Gasteiger partial charge in [0.2, 0.25) is 5.91 Å². The molecule has 0 saturated carbocycles. The van der Waals surface area contributed by atoms with E-state index in [-0.39, 0.29) is 11.7 Å². The van der Waals surface area contributed by atoms with Crippen LogP contribution in [0.25, 0.3) is 0 Å². The Bertz CT molecular complexity index is 509. The van der Waals surface area contributed by atoms with Crippen LogP contribution >= 0.6 is 0 Å². The minimum atomic E-state index is -0.494. The van der Waals surface area contributed by atoms with Gasteiger partial charge in [-0.3, -0.25) is 4.79 Å². The summed E-state index contributed by atoms with van der Waals surface area (Å²) in [4.78, 5) is 14.5. The largest absolute Gasteiger partial charge is 0.310 e. The van der Waals surface area contributed by atoms with Crippen LogP contribution in [-0.4, -0.2) is 24.5 Å². The van der Waals surface area contributed by atoms with Crippen molar-refractivity contribution in [2.45, 2.75) is 38.1 Å². The number of nitrogens with one attached hydrogen (secondary N) is 1. The van der Waals surface area contributed by atoms with Gasteiger partial charge >= 0.3 is 0 Å². The van der Waals surface area contributed by atoms with E-state index in [4.69, 9.17) is 0 Å². The maximum atomic E-state index is 13.4. The van der Waals surface area contributed by atoms with E-state index in [9.17, 15) is 9.18 Å². The fraction of sp³-hybridized carbons (Fsp3) is 0.533. The van der Waals surface area contributed by atoms with E-state index in [0.29, 0.717) is 6.54 Å². The zero-order chi connectivity index (χ0) is 13.5. The molecule has 1 unspecified atom stereocenters. The average molecular weight is 262 g/mol. The number of fused-ring (bicyclic) bond motifs is 1. The molecule has 0 bridgehead atoms. The molecule has 1 saturated heterocycles. The number of carbonyl (C=O) groups excluding carboxylic acids is 1. The summed E-state index contributed by atoms with van der Waals surface area (Å²) in [6.45, 7) is 3.51. The molecule has 1 fully saturated rings. The molecule has 1 aromatic rings. The van der Waals surface area contributed by atoms with E-state index in [2.05, 4.69) is 5.32 Å². The highest BCUT2D eigenvalue weighted by atomic mass is 19.1. The van der Waals surface area contributed by atoms with Crippen molar-refractivity contribution in [3.63, 3.8) is 0 Å². The molecule has 0 aromatic heterocycles. The third kappa shape index (κ3) is 2.14. The molecule has 2 aliphatic rings. The molecular formula is C15H19FN2O. The predicted molar refractivity (Wildman–Crippen MR) is 72.7 cm³/mol. The lowest BCUT2D eigenvalue weighted by Gasteiger charge is -2.36. The van der Waals surface area contributed by atoms with Gasteiger partial charge in [0.25, 0.3) is 0 Å². The Labute approximate surface area is 112 Å². The normalized spacial score (nSPS) is 26.3. The molecule has 19 heavy (non-hydrogen) atoms. The van der Waals surface area contributed by atoms with Crippen LogP contribution in [-0.2, 0) is 11.2 Å². The van der Waals surface area contributed by atoms with Gasteiger partial charge < -0.3 is 10.2 Å². The van der Waals surface area contributed by atoms with Crippen LogP contribution in [0.5, 0.6) is 0 Å². The molecule has 1 N–H and O–H groups in total. The fourth-order valence-corrected chi connectivity index (χ4v) is 3.10. The standard InChI is InChI=1S/C15H19FN2O/c1-15(7-2-3-8-17-15)14(19)18-9-6-11-4-5-12(16)10-13(11)18/h4-5,10,17H,2-3,6-9H2,1H3. The Morgan fingerprint density at radius 1 is 1.42 bits per heavy atom. The van der Waals surface area contributed by atoms with Gasteiger partial charge in [0.15, 0.2) is 0 Å². The summed E-state index contributed by atoms with van der Waals surface area (Å²) in [5.74, 6) is -0.197. The van der Waals surface area contributed by atoms with Gasteiger partial charge in [0, 0.05) is 12.2 Å². The number of amides is 1. The van der Waals surface area contributed by atoms with Gasteiger partial charge in [0.1, 0.15) is 5.82 Å². The fourth-order valence-electron chi connectivity index (χ4n) is 3.10. The smallest absolute Gasteiger partial charge is 0.247 e. The van der Waals surface area contributed by atoms with Gasteiger partial charge in [0.05, 0.1) is 5.54 Å². The van der Waals surface area contributed by atoms with E-state index >= 15 is 0 Å². The first kappa shape index (κ1) is 12.6. The molecule has 0 radical (unpaired) electrons. The van der Waals surface area contributed by atoms with Crippen LogP contribution in [0.2, 0.25) is 0 Å². The van der Waals surface area contributed by atoms with E-state index in [1.807, 2.05) is 6.92 Å². The molecular weight excluding hydrogens is 243 g/mol. The predicted octanol–water partition coefficient (Wildman–Crippen LogP) is 2.25. The van der Waals surface area contributed by atoms with Crippen molar-refractivity contribution in [3.05, 3.63) is 29.6 Å². The molecule has 102 valence electrons. The average Bonchev–Trinajstić information content (AvgIpc) is 2.81. The molecule has 1 aromatic carbocycles. The maximum Gasteiger partial charge on any atom is 0.247 e. The quantitative estimate of drug-likeness (QED) is 0.842. The molecule has 3 nitrogen and oxygen atoms in total. The molecule has 1 atom stereocenters. The molecule has 2 heterocycles. The number of piperidine rings is 1. The Morgan fingerprint density at radius 2 is 2.26 bits per heavy atom. The maximum absolute atomic E-state index is 13.4. The van der Waals surface area contributed by atoms with Crippen LogP contribution in [0, 0.1) is 5.82 Å². The minimum Gasteiger partial charge on any atom is -0.310 e. The number of anilines is 1. The number of carbonyl (C=O) groups is 1. The van der Waals surface area contributed by atoms with Crippen LogP contribution in [0.4, 0.5) is 10.1 Å². The number of benzene rings is 1. The lowest BCUT2D eigenvalue weighted by atomic mass is 9.89. The first-order chi connectivity index (χ1) is 9.10. The zero-order valence-electron chi connectivity index (χ0n) is 11.2. The third-order valence-electron chi connectivity index (χ3n) is 4.28. The Hall–Kier alpha value is -1.42. The molecule has 4 heteroatoms. The topological polar surface area (TPSA) is 32.3 Å². The second-order valence-electron chi connectivity index (χ2n) is 5.70. The SMILES string of the molecule is CC1(C(=O)N2CCc3ccc(F)cc32)CCCCN1. The van der Waals surface area contributed by atoms with E-state index in [1.54, 1.807) is 11.0 Å². The number of hydrogen-bond acceptors (Lipinski definition) is 2. The number of hydrogen-bond donors (Lipinski definition) is 1. The van der Waals surface area contributed by atoms with Gasteiger partial charge in [-0.2, -0.15) is 0 Å². The van der Waals surface area contributed by atoms with Gasteiger partial charge in [-0.1, -0.05) is 6.07 Å². The lowest BCUT2D eigenvalue weighted by Crippen LogP contribution is -2.57. The lowest BCUT2D eigenvalue weighted by molar-refractivity contribution is -0.125. The van der Waals surface area contributed by atoms with Crippen LogP contribution in [0.1, 0.15) is 31.7 Å². The molecule has 0 spiro atoms. The van der Waals surface area contributed by atoms with E-state index < -0.39 is 5.54 Å². The summed E-state index contributed by atoms with van der Waals surface area (Å²) >= 11 is 0. The van der Waals surface area contributed by atoms with Crippen molar-refractivity contribution in [3.8, 4) is 0 Å². The first-order valence-corrected chi connectivity index (χ1v) is 6.96. The molecule has 3 rings (SSSR count). The van der Waals surface area contributed by atoms with Crippen LogP contribution in [0.15, 0.2) is 18.2 Å². The van der Waals surface area contributed by atoms with Crippen molar-refractivity contribution in [1.29, 1.82) is 0 Å². The summed E-state index contributed by atoms with van der Waals surface area (Å²) in [5, 5.41) is 3.33. The summed E-state index contributed by atoms with van der Waals surface area (Å²) in [5.41, 5.74) is 1.32. The highest BCUT2D eigenvalue weighted by Crippen LogP contribution is 2.32. The summed E-state index contributed by atoms with van der Waals surface area (Å²) in [6, 6.07) is 4.73. The van der Waals surface area contributed by atoms with Gasteiger partial charge in [-0.15, -0.1) is 0 Å². The van der Waals surface area contributed by atoms with Crippen molar-refractivity contribution in [1.82, 2.24) is 5.32 Å². The van der Waals surface area contributed by atoms with E-state index in [0.717, 1.165) is 43.5 Å². The summed E-state index contributed by atoms with van der Waals surface area (Å²) < 4.78 is 13.4. The second kappa shape index (κ2) is 4.60. The van der Waals surface area contributed by atoms with Gasteiger partial charge in [-0.05, 0) is 56.8 Å². The van der Waals surface area contributed by atoms with Gasteiger partial charge in [-0.25, -0.2) is 4.39 Å². The molecule has 0 aliphatic carbocycles. The van der Waals surface area contributed by atoms with Crippen molar-refractivity contribution < 1.29 is 9.18 Å². The van der Waals surface area contributed by atoms with Crippen LogP contribution in [0.3, 0.4) is 0 Å². The van der Waals surface area contributed by atoms with E-state index in [1.165, 1.54) is 12.1 Å².